The van der Waals surface area contributed by atoms with Crippen molar-refractivity contribution in [2.45, 2.75) is 51.0 Å². The number of aromatic nitrogens is 1. The minimum absolute atomic E-state index is 0.113. The standard InChI is InChI=1S/C19H22N2O2S/c22-18-15(11-13-5-2-1-3-6-16(13)20-18)19(23)21-9-4-7-17(21)14-8-10-24-12-14/h8,10-12,17H,1-7,9H2,(H,20,22)/t17-/m0/s1. The second-order valence-electron chi connectivity index (χ2n) is 6.79. The summed E-state index contributed by atoms with van der Waals surface area (Å²) in [6.45, 7) is 0.732. The highest BCUT2D eigenvalue weighted by molar-refractivity contribution is 7.08. The lowest BCUT2D eigenvalue weighted by Crippen LogP contribution is -2.34. The molecule has 1 saturated heterocycles. The lowest BCUT2D eigenvalue weighted by Gasteiger charge is -2.24. The summed E-state index contributed by atoms with van der Waals surface area (Å²) in [5.41, 5.74) is 3.47. The zero-order valence-electron chi connectivity index (χ0n) is 13.7. The highest BCUT2D eigenvalue weighted by Crippen LogP contribution is 2.34. The Hall–Kier alpha value is -1.88. The first kappa shape index (κ1) is 15.6. The number of rotatable bonds is 2. The number of aryl methyl sites for hydroxylation is 2. The minimum atomic E-state index is -0.225. The zero-order chi connectivity index (χ0) is 16.5. The summed E-state index contributed by atoms with van der Waals surface area (Å²) in [7, 11) is 0. The maximum atomic E-state index is 13.1. The van der Waals surface area contributed by atoms with E-state index in [-0.39, 0.29) is 17.5 Å². The van der Waals surface area contributed by atoms with Crippen molar-refractivity contribution in [3.63, 3.8) is 0 Å². The lowest BCUT2D eigenvalue weighted by molar-refractivity contribution is 0.0734. The van der Waals surface area contributed by atoms with E-state index in [0.717, 1.165) is 56.3 Å². The second kappa shape index (κ2) is 6.55. The molecule has 2 aliphatic rings. The molecule has 1 N–H and O–H groups in total. The molecule has 2 aromatic heterocycles. The number of thiophene rings is 1. The highest BCUT2D eigenvalue weighted by atomic mass is 32.1. The van der Waals surface area contributed by atoms with Crippen molar-refractivity contribution in [1.82, 2.24) is 9.88 Å². The molecule has 1 amide bonds. The Labute approximate surface area is 145 Å². The van der Waals surface area contributed by atoms with Crippen LogP contribution in [0, 0.1) is 0 Å². The van der Waals surface area contributed by atoms with E-state index in [9.17, 15) is 9.59 Å². The van der Waals surface area contributed by atoms with Gasteiger partial charge in [0.15, 0.2) is 0 Å². The first-order chi connectivity index (χ1) is 11.7. The highest BCUT2D eigenvalue weighted by Gasteiger charge is 2.32. The van der Waals surface area contributed by atoms with E-state index in [1.165, 1.54) is 12.0 Å². The molecule has 0 spiro atoms. The van der Waals surface area contributed by atoms with Crippen LogP contribution in [0.3, 0.4) is 0 Å². The Bertz CT molecular complexity index is 794. The summed E-state index contributed by atoms with van der Waals surface area (Å²) in [5, 5.41) is 4.16. The van der Waals surface area contributed by atoms with Gasteiger partial charge >= 0.3 is 0 Å². The molecule has 0 bridgehead atoms. The van der Waals surface area contributed by atoms with Gasteiger partial charge in [-0.2, -0.15) is 11.3 Å². The van der Waals surface area contributed by atoms with Gasteiger partial charge in [-0.25, -0.2) is 0 Å². The van der Waals surface area contributed by atoms with Gasteiger partial charge in [0.2, 0.25) is 0 Å². The van der Waals surface area contributed by atoms with Crippen LogP contribution in [-0.2, 0) is 12.8 Å². The number of H-pyrrole nitrogens is 1. The minimum Gasteiger partial charge on any atom is -0.331 e. The fourth-order valence-corrected chi connectivity index (χ4v) is 4.69. The molecule has 1 fully saturated rings. The number of nitrogens with zero attached hydrogens (tertiary/aromatic N) is 1. The first-order valence-corrected chi connectivity index (χ1v) is 9.76. The Kier molecular flexibility index (Phi) is 4.27. The second-order valence-corrected chi connectivity index (χ2v) is 7.57. The lowest BCUT2D eigenvalue weighted by atomic mass is 10.0. The molecule has 4 nitrogen and oxygen atoms in total. The predicted molar refractivity (Wildman–Crippen MR) is 95.7 cm³/mol. The maximum Gasteiger partial charge on any atom is 0.261 e. The Morgan fingerprint density at radius 1 is 1.21 bits per heavy atom. The van der Waals surface area contributed by atoms with Crippen LogP contribution in [0.25, 0.3) is 0 Å². The van der Waals surface area contributed by atoms with E-state index in [1.807, 2.05) is 16.3 Å². The topological polar surface area (TPSA) is 53.2 Å². The number of likely N-dealkylation sites (tertiary alicyclic amines) is 1. The van der Waals surface area contributed by atoms with Gasteiger partial charge in [0, 0.05) is 12.2 Å². The van der Waals surface area contributed by atoms with Crippen LogP contribution in [0.15, 0.2) is 27.7 Å². The van der Waals surface area contributed by atoms with Crippen molar-refractivity contribution in [2.75, 3.05) is 6.54 Å². The molecule has 3 heterocycles. The number of carbonyl (C=O) groups is 1. The van der Waals surface area contributed by atoms with E-state index in [2.05, 4.69) is 16.4 Å². The van der Waals surface area contributed by atoms with Gasteiger partial charge in [-0.3, -0.25) is 9.59 Å². The van der Waals surface area contributed by atoms with Gasteiger partial charge in [0.1, 0.15) is 5.56 Å². The molecule has 0 aromatic carbocycles. The van der Waals surface area contributed by atoms with Crippen LogP contribution in [0.2, 0.25) is 0 Å². The quantitative estimate of drug-likeness (QED) is 0.847. The van der Waals surface area contributed by atoms with Crippen LogP contribution in [0.4, 0.5) is 0 Å². The van der Waals surface area contributed by atoms with Crippen molar-refractivity contribution in [2.24, 2.45) is 0 Å². The van der Waals surface area contributed by atoms with E-state index in [4.69, 9.17) is 0 Å². The number of amides is 1. The van der Waals surface area contributed by atoms with Gasteiger partial charge in [-0.1, -0.05) is 6.42 Å². The monoisotopic (exact) mass is 342 g/mol. The average Bonchev–Trinajstić information content (AvgIpc) is 3.21. The molecule has 4 rings (SSSR count). The maximum absolute atomic E-state index is 13.1. The predicted octanol–water partition coefficient (Wildman–Crippen LogP) is 3.68. The number of hydrogen-bond acceptors (Lipinski definition) is 3. The largest absolute Gasteiger partial charge is 0.331 e. The van der Waals surface area contributed by atoms with Crippen molar-refractivity contribution < 1.29 is 4.79 Å². The summed E-state index contributed by atoms with van der Waals surface area (Å²) in [6, 6.07) is 4.06. The van der Waals surface area contributed by atoms with E-state index in [0.29, 0.717) is 5.56 Å². The summed E-state index contributed by atoms with van der Waals surface area (Å²) in [6.07, 6.45) is 7.28. The van der Waals surface area contributed by atoms with Crippen LogP contribution in [0.5, 0.6) is 0 Å². The van der Waals surface area contributed by atoms with Crippen LogP contribution in [0.1, 0.15) is 65.3 Å². The molecule has 24 heavy (non-hydrogen) atoms. The van der Waals surface area contributed by atoms with Crippen molar-refractivity contribution in [3.8, 4) is 0 Å². The van der Waals surface area contributed by atoms with Crippen molar-refractivity contribution >= 4 is 17.2 Å². The molecule has 1 aliphatic heterocycles. The summed E-state index contributed by atoms with van der Waals surface area (Å²) in [4.78, 5) is 30.4. The number of fused-ring (bicyclic) bond motifs is 1. The summed E-state index contributed by atoms with van der Waals surface area (Å²) >= 11 is 1.65. The third-order valence-corrected chi connectivity index (χ3v) is 5.96. The Morgan fingerprint density at radius 3 is 2.92 bits per heavy atom. The van der Waals surface area contributed by atoms with E-state index in [1.54, 1.807) is 11.3 Å². The molecule has 2 aromatic rings. The van der Waals surface area contributed by atoms with Gasteiger partial charge in [0.05, 0.1) is 6.04 Å². The third kappa shape index (κ3) is 2.81. The van der Waals surface area contributed by atoms with Crippen LogP contribution in [-0.4, -0.2) is 22.3 Å². The average molecular weight is 342 g/mol. The molecule has 1 atom stereocenters. The number of aromatic amines is 1. The molecule has 0 unspecified atom stereocenters. The van der Waals surface area contributed by atoms with Crippen molar-refractivity contribution in [3.05, 3.63) is 55.6 Å². The fourth-order valence-electron chi connectivity index (χ4n) is 3.99. The van der Waals surface area contributed by atoms with Crippen molar-refractivity contribution in [1.29, 1.82) is 0 Å². The Balaban J connectivity index is 1.67. The van der Waals surface area contributed by atoms with Gasteiger partial charge < -0.3 is 9.88 Å². The zero-order valence-corrected chi connectivity index (χ0v) is 14.5. The number of nitrogens with one attached hydrogen (secondary N) is 1. The van der Waals surface area contributed by atoms with Crippen LogP contribution >= 0.6 is 11.3 Å². The van der Waals surface area contributed by atoms with E-state index < -0.39 is 0 Å². The number of pyridine rings is 1. The molecule has 1 aliphatic carbocycles. The first-order valence-electron chi connectivity index (χ1n) is 8.82. The molecule has 0 radical (unpaired) electrons. The molecular formula is C19H22N2O2S. The van der Waals surface area contributed by atoms with Gasteiger partial charge in [-0.15, -0.1) is 0 Å². The smallest absolute Gasteiger partial charge is 0.261 e. The number of carbonyl (C=O) groups excluding carboxylic acids is 1. The molecular weight excluding hydrogens is 320 g/mol. The Morgan fingerprint density at radius 2 is 2.08 bits per heavy atom. The third-order valence-electron chi connectivity index (χ3n) is 5.26. The summed E-state index contributed by atoms with van der Waals surface area (Å²) < 4.78 is 0. The summed E-state index contributed by atoms with van der Waals surface area (Å²) in [5.74, 6) is -0.114. The van der Waals surface area contributed by atoms with Gasteiger partial charge in [0.25, 0.3) is 11.5 Å². The van der Waals surface area contributed by atoms with Crippen LogP contribution < -0.4 is 5.56 Å². The fraction of sp³-hybridized carbons (Fsp3) is 0.474. The van der Waals surface area contributed by atoms with Gasteiger partial charge in [-0.05, 0) is 72.5 Å². The molecule has 0 saturated carbocycles. The normalized spacial score (nSPS) is 20.7. The van der Waals surface area contributed by atoms with E-state index >= 15 is 0 Å². The molecule has 5 heteroatoms. The molecule has 126 valence electrons. The SMILES string of the molecule is O=C(c1cc2c([nH]c1=O)CCCCC2)N1CCC[C@H]1c1ccsc1. The number of hydrogen-bond donors (Lipinski definition) is 1.